The Morgan fingerprint density at radius 3 is 2.41 bits per heavy atom. The Bertz CT molecular complexity index is 285. The number of hydrogen-bond donors (Lipinski definition) is 2. The Balaban J connectivity index is 2.40. The molecule has 0 aliphatic heterocycles. The molecule has 0 aromatic rings. The number of hydrogen-bond acceptors (Lipinski definition) is 2. The summed E-state index contributed by atoms with van der Waals surface area (Å²) >= 11 is 0. The Labute approximate surface area is 102 Å². The van der Waals surface area contributed by atoms with Crippen LogP contribution in [0.5, 0.6) is 0 Å². The maximum absolute atomic E-state index is 11.9. The molecule has 2 N–H and O–H groups in total. The average molecular weight is 242 g/mol. The van der Waals surface area contributed by atoms with Gasteiger partial charge in [0, 0.05) is 18.6 Å². The van der Waals surface area contributed by atoms with Gasteiger partial charge in [0.05, 0.1) is 6.42 Å². The normalized spacial score (nSPS) is 23.1. The molecule has 0 spiro atoms. The molecule has 1 aliphatic rings. The molecule has 1 aliphatic carbocycles. The van der Waals surface area contributed by atoms with Crippen molar-refractivity contribution in [2.24, 2.45) is 5.92 Å². The molecule has 98 valence electrons. The van der Waals surface area contributed by atoms with Crippen molar-refractivity contribution in [1.29, 1.82) is 0 Å². The minimum absolute atomic E-state index is 0.00727. The van der Waals surface area contributed by atoms with Gasteiger partial charge in [0.2, 0.25) is 0 Å². The number of aliphatic carboxylic acids is 1. The first kappa shape index (κ1) is 13.8. The highest BCUT2D eigenvalue weighted by Gasteiger charge is 2.28. The lowest BCUT2D eigenvalue weighted by Gasteiger charge is -2.36. The first-order valence-corrected chi connectivity index (χ1v) is 6.19. The van der Waals surface area contributed by atoms with Crippen molar-refractivity contribution in [3.8, 4) is 0 Å². The SMILES string of the molecule is CC1CC(NC(=O)N(CCC(=O)O)C(C)C)C1. The fourth-order valence-electron chi connectivity index (χ4n) is 2.09. The molecular formula is C12H22N2O3. The molecule has 0 radical (unpaired) electrons. The van der Waals surface area contributed by atoms with Crippen LogP contribution in [-0.4, -0.2) is 40.6 Å². The van der Waals surface area contributed by atoms with E-state index in [4.69, 9.17) is 5.11 Å². The Kier molecular flexibility index (Phi) is 4.78. The van der Waals surface area contributed by atoms with Crippen LogP contribution in [0.1, 0.15) is 40.0 Å². The molecule has 0 bridgehead atoms. The fraction of sp³-hybridized carbons (Fsp3) is 0.833. The smallest absolute Gasteiger partial charge is 0.317 e. The van der Waals surface area contributed by atoms with Gasteiger partial charge in [0.15, 0.2) is 0 Å². The first-order valence-electron chi connectivity index (χ1n) is 6.19. The highest BCUT2D eigenvalue weighted by molar-refractivity contribution is 5.76. The largest absolute Gasteiger partial charge is 0.481 e. The highest BCUT2D eigenvalue weighted by Crippen LogP contribution is 2.26. The molecule has 0 atom stereocenters. The predicted octanol–water partition coefficient (Wildman–Crippen LogP) is 1.68. The Hall–Kier alpha value is -1.26. The van der Waals surface area contributed by atoms with Gasteiger partial charge in [0.1, 0.15) is 0 Å². The van der Waals surface area contributed by atoms with Gasteiger partial charge in [-0.2, -0.15) is 0 Å². The van der Waals surface area contributed by atoms with Crippen LogP contribution >= 0.6 is 0 Å². The minimum Gasteiger partial charge on any atom is -0.481 e. The van der Waals surface area contributed by atoms with Crippen LogP contribution < -0.4 is 5.32 Å². The standard InChI is InChI=1S/C12H22N2O3/c1-8(2)14(5-4-11(15)16)12(17)13-10-6-9(3)7-10/h8-10H,4-7H2,1-3H3,(H,13,17)(H,15,16). The minimum atomic E-state index is -0.874. The zero-order chi connectivity index (χ0) is 13.0. The highest BCUT2D eigenvalue weighted by atomic mass is 16.4. The molecule has 1 fully saturated rings. The summed E-state index contributed by atoms with van der Waals surface area (Å²) in [7, 11) is 0. The first-order chi connectivity index (χ1) is 7.90. The number of rotatable bonds is 5. The third-order valence-corrected chi connectivity index (χ3v) is 3.15. The van der Waals surface area contributed by atoms with E-state index in [0.29, 0.717) is 5.92 Å². The summed E-state index contributed by atoms with van der Waals surface area (Å²) in [5.41, 5.74) is 0. The van der Waals surface area contributed by atoms with Crippen LogP contribution in [0, 0.1) is 5.92 Å². The predicted molar refractivity (Wildman–Crippen MR) is 64.8 cm³/mol. The van der Waals surface area contributed by atoms with Gasteiger partial charge < -0.3 is 15.3 Å². The zero-order valence-electron chi connectivity index (χ0n) is 10.8. The van der Waals surface area contributed by atoms with E-state index in [1.165, 1.54) is 0 Å². The molecule has 5 heteroatoms. The maximum Gasteiger partial charge on any atom is 0.317 e. The molecule has 0 aromatic heterocycles. The van der Waals surface area contributed by atoms with E-state index in [0.717, 1.165) is 12.8 Å². The number of carbonyl (C=O) groups excluding carboxylic acids is 1. The lowest BCUT2D eigenvalue weighted by atomic mass is 9.82. The van der Waals surface area contributed by atoms with Crippen LogP contribution in [-0.2, 0) is 4.79 Å². The van der Waals surface area contributed by atoms with Gasteiger partial charge in [0.25, 0.3) is 0 Å². The number of urea groups is 1. The summed E-state index contributed by atoms with van der Waals surface area (Å²) in [5, 5.41) is 11.6. The monoisotopic (exact) mass is 242 g/mol. The second kappa shape index (κ2) is 5.89. The molecule has 0 saturated heterocycles. The van der Waals surface area contributed by atoms with Gasteiger partial charge in [-0.1, -0.05) is 6.92 Å². The maximum atomic E-state index is 11.9. The fourth-order valence-corrected chi connectivity index (χ4v) is 2.09. The third kappa shape index (κ3) is 4.24. The molecule has 0 aromatic carbocycles. The number of nitrogens with one attached hydrogen (secondary N) is 1. The van der Waals surface area contributed by atoms with Gasteiger partial charge >= 0.3 is 12.0 Å². The molecule has 1 saturated carbocycles. The van der Waals surface area contributed by atoms with Crippen molar-refractivity contribution in [2.45, 2.75) is 52.1 Å². The summed E-state index contributed by atoms with van der Waals surface area (Å²) in [5.74, 6) is -0.187. The lowest BCUT2D eigenvalue weighted by Crippen LogP contribution is -2.51. The van der Waals surface area contributed by atoms with Crippen molar-refractivity contribution >= 4 is 12.0 Å². The topological polar surface area (TPSA) is 69.6 Å². The number of nitrogens with zero attached hydrogens (tertiary/aromatic N) is 1. The van der Waals surface area contributed by atoms with Crippen LogP contribution in [0.4, 0.5) is 4.79 Å². The molecule has 0 heterocycles. The molecular weight excluding hydrogens is 220 g/mol. The average Bonchev–Trinajstić information content (AvgIpc) is 2.14. The van der Waals surface area contributed by atoms with Gasteiger partial charge in [-0.15, -0.1) is 0 Å². The van der Waals surface area contributed by atoms with E-state index in [1.54, 1.807) is 4.90 Å². The quantitative estimate of drug-likeness (QED) is 0.770. The summed E-state index contributed by atoms with van der Waals surface area (Å²) < 4.78 is 0. The number of amides is 2. The summed E-state index contributed by atoms with van der Waals surface area (Å²) in [6.45, 7) is 6.21. The summed E-state index contributed by atoms with van der Waals surface area (Å²) in [6, 6.07) is 0.147. The van der Waals surface area contributed by atoms with Crippen molar-refractivity contribution in [3.63, 3.8) is 0 Å². The molecule has 17 heavy (non-hydrogen) atoms. The second-order valence-corrected chi connectivity index (χ2v) is 5.15. The Morgan fingerprint density at radius 2 is 2.00 bits per heavy atom. The molecule has 2 amide bonds. The number of carbonyl (C=O) groups is 2. The van der Waals surface area contributed by atoms with Gasteiger partial charge in [-0.05, 0) is 32.6 Å². The zero-order valence-corrected chi connectivity index (χ0v) is 10.8. The molecule has 1 rings (SSSR count). The van der Waals surface area contributed by atoms with Crippen LogP contribution in [0.15, 0.2) is 0 Å². The van der Waals surface area contributed by atoms with E-state index in [2.05, 4.69) is 12.2 Å². The van der Waals surface area contributed by atoms with Crippen molar-refractivity contribution in [1.82, 2.24) is 10.2 Å². The van der Waals surface area contributed by atoms with E-state index in [9.17, 15) is 9.59 Å². The number of carboxylic acids is 1. The third-order valence-electron chi connectivity index (χ3n) is 3.15. The van der Waals surface area contributed by atoms with Crippen molar-refractivity contribution in [2.75, 3.05) is 6.54 Å². The van der Waals surface area contributed by atoms with Gasteiger partial charge in [-0.3, -0.25) is 4.79 Å². The van der Waals surface area contributed by atoms with E-state index >= 15 is 0 Å². The van der Waals surface area contributed by atoms with Crippen LogP contribution in [0.25, 0.3) is 0 Å². The van der Waals surface area contributed by atoms with Gasteiger partial charge in [-0.25, -0.2) is 4.79 Å². The van der Waals surface area contributed by atoms with E-state index in [1.807, 2.05) is 13.8 Å². The lowest BCUT2D eigenvalue weighted by molar-refractivity contribution is -0.137. The number of carboxylic acid groups (broad SMARTS) is 1. The van der Waals surface area contributed by atoms with Crippen molar-refractivity contribution < 1.29 is 14.7 Å². The summed E-state index contributed by atoms with van der Waals surface area (Å²) in [6.07, 6.45) is 2.04. The molecule has 0 unspecified atom stereocenters. The van der Waals surface area contributed by atoms with E-state index in [-0.39, 0.29) is 31.1 Å². The van der Waals surface area contributed by atoms with Crippen molar-refractivity contribution in [3.05, 3.63) is 0 Å². The summed E-state index contributed by atoms with van der Waals surface area (Å²) in [4.78, 5) is 24.0. The molecule has 5 nitrogen and oxygen atoms in total. The van der Waals surface area contributed by atoms with Crippen LogP contribution in [0.3, 0.4) is 0 Å². The van der Waals surface area contributed by atoms with E-state index < -0.39 is 5.97 Å². The Morgan fingerprint density at radius 1 is 1.41 bits per heavy atom. The van der Waals surface area contributed by atoms with Crippen LogP contribution in [0.2, 0.25) is 0 Å². The second-order valence-electron chi connectivity index (χ2n) is 5.15.